The Morgan fingerprint density at radius 3 is 2.38 bits per heavy atom. The molecule has 0 aliphatic rings. The highest BCUT2D eigenvalue weighted by Crippen LogP contribution is 2.26. The normalized spacial score (nSPS) is 11.7. The summed E-state index contributed by atoms with van der Waals surface area (Å²) in [7, 11) is 0. The van der Waals surface area contributed by atoms with Crippen molar-refractivity contribution in [2.45, 2.75) is 19.3 Å². The summed E-state index contributed by atoms with van der Waals surface area (Å²) in [6.45, 7) is 2.85. The largest absolute Gasteiger partial charge is 0.419 e. The Hall–Kier alpha value is -3.06. The highest BCUT2D eigenvalue weighted by Gasteiger charge is 2.16. The highest BCUT2D eigenvalue weighted by molar-refractivity contribution is 5.58. The third-order valence-corrected chi connectivity index (χ3v) is 4.03. The Balaban J connectivity index is 1.78. The Morgan fingerprint density at radius 2 is 1.75 bits per heavy atom. The van der Waals surface area contributed by atoms with Gasteiger partial charge in [0.1, 0.15) is 6.07 Å². The van der Waals surface area contributed by atoms with Crippen LogP contribution in [0.3, 0.4) is 0 Å². The molecular formula is C20H19N3O. The molecule has 24 heavy (non-hydrogen) atoms. The molecule has 2 aromatic carbocycles. The standard InChI is InChI=1S/C20H19N3O/c1-2-15(16-9-5-3-6-10-16)14-22-20-18(13-21)23-19(24-20)17-11-7-4-8-12-17/h3-12,15,22H,2,14H2,1H3/t15-/m0/s1. The van der Waals surface area contributed by atoms with E-state index in [1.807, 2.05) is 48.5 Å². The van der Waals surface area contributed by atoms with E-state index in [-0.39, 0.29) is 5.69 Å². The maximum absolute atomic E-state index is 9.31. The van der Waals surface area contributed by atoms with Crippen LogP contribution in [0, 0.1) is 11.3 Å². The predicted octanol–water partition coefficient (Wildman–Crippen LogP) is 4.82. The predicted molar refractivity (Wildman–Crippen MR) is 94.6 cm³/mol. The molecule has 4 heteroatoms. The van der Waals surface area contributed by atoms with E-state index < -0.39 is 0 Å². The summed E-state index contributed by atoms with van der Waals surface area (Å²) < 4.78 is 5.78. The fraction of sp³-hybridized carbons (Fsp3) is 0.200. The first-order valence-corrected chi connectivity index (χ1v) is 8.07. The lowest BCUT2D eigenvalue weighted by atomic mass is 9.96. The Kier molecular flexibility index (Phi) is 4.93. The number of aromatic nitrogens is 1. The van der Waals surface area contributed by atoms with Crippen molar-refractivity contribution in [1.29, 1.82) is 5.26 Å². The van der Waals surface area contributed by atoms with Crippen molar-refractivity contribution in [2.75, 3.05) is 11.9 Å². The molecule has 3 rings (SSSR count). The van der Waals surface area contributed by atoms with Crippen molar-refractivity contribution in [1.82, 2.24) is 4.98 Å². The first-order chi connectivity index (χ1) is 11.8. The van der Waals surface area contributed by atoms with E-state index in [0.717, 1.165) is 12.0 Å². The molecule has 0 spiro atoms. The van der Waals surface area contributed by atoms with Gasteiger partial charge in [0.2, 0.25) is 17.5 Å². The third-order valence-electron chi connectivity index (χ3n) is 4.03. The van der Waals surface area contributed by atoms with Gasteiger partial charge in [0, 0.05) is 18.0 Å². The van der Waals surface area contributed by atoms with Crippen LogP contribution in [-0.4, -0.2) is 11.5 Å². The Labute approximate surface area is 141 Å². The van der Waals surface area contributed by atoms with Crippen molar-refractivity contribution in [3.63, 3.8) is 0 Å². The van der Waals surface area contributed by atoms with Gasteiger partial charge in [-0.25, -0.2) is 0 Å². The summed E-state index contributed by atoms with van der Waals surface area (Å²) in [6.07, 6.45) is 0.999. The molecule has 0 amide bonds. The summed E-state index contributed by atoms with van der Waals surface area (Å²) >= 11 is 0. The van der Waals surface area contributed by atoms with Gasteiger partial charge < -0.3 is 9.73 Å². The molecule has 1 N–H and O–H groups in total. The van der Waals surface area contributed by atoms with Gasteiger partial charge in [0.15, 0.2) is 0 Å². The van der Waals surface area contributed by atoms with E-state index in [4.69, 9.17) is 4.42 Å². The first kappa shape index (κ1) is 15.8. The second kappa shape index (κ2) is 7.47. The number of hydrogen-bond donors (Lipinski definition) is 1. The zero-order valence-electron chi connectivity index (χ0n) is 13.6. The molecule has 3 aromatic rings. The molecule has 4 nitrogen and oxygen atoms in total. The number of nitriles is 1. The number of hydrogen-bond acceptors (Lipinski definition) is 4. The van der Waals surface area contributed by atoms with Crippen molar-refractivity contribution in [3.05, 3.63) is 71.9 Å². The summed E-state index contributed by atoms with van der Waals surface area (Å²) in [6, 6.07) is 22.0. The van der Waals surface area contributed by atoms with E-state index in [1.54, 1.807) is 0 Å². The minimum absolute atomic E-state index is 0.289. The van der Waals surface area contributed by atoms with Crippen LogP contribution >= 0.6 is 0 Å². The average molecular weight is 317 g/mol. The molecule has 0 unspecified atom stereocenters. The fourth-order valence-corrected chi connectivity index (χ4v) is 2.66. The van der Waals surface area contributed by atoms with Gasteiger partial charge in [-0.1, -0.05) is 55.5 Å². The Bertz CT molecular complexity index is 819. The van der Waals surface area contributed by atoms with E-state index >= 15 is 0 Å². The van der Waals surface area contributed by atoms with E-state index in [2.05, 4.69) is 35.4 Å². The van der Waals surface area contributed by atoms with Gasteiger partial charge in [-0.3, -0.25) is 0 Å². The van der Waals surface area contributed by atoms with Gasteiger partial charge in [-0.2, -0.15) is 10.2 Å². The minimum atomic E-state index is 0.289. The number of anilines is 1. The number of nitrogens with one attached hydrogen (secondary N) is 1. The number of rotatable bonds is 6. The zero-order valence-corrected chi connectivity index (χ0v) is 13.6. The molecule has 0 fully saturated rings. The summed E-state index contributed by atoms with van der Waals surface area (Å²) in [5, 5.41) is 12.6. The van der Waals surface area contributed by atoms with Gasteiger partial charge in [-0.05, 0) is 24.1 Å². The molecule has 0 saturated heterocycles. The quantitative estimate of drug-likeness (QED) is 0.708. The molecule has 1 heterocycles. The van der Waals surface area contributed by atoms with Gasteiger partial charge >= 0.3 is 0 Å². The lowest BCUT2D eigenvalue weighted by Gasteiger charge is -2.15. The number of oxazole rings is 1. The molecule has 0 bridgehead atoms. The molecule has 1 atom stereocenters. The van der Waals surface area contributed by atoms with Crippen LogP contribution in [0.25, 0.3) is 11.5 Å². The fourth-order valence-electron chi connectivity index (χ4n) is 2.66. The lowest BCUT2D eigenvalue weighted by molar-refractivity contribution is 0.577. The smallest absolute Gasteiger partial charge is 0.232 e. The summed E-state index contributed by atoms with van der Waals surface area (Å²) in [4.78, 5) is 4.29. The van der Waals surface area contributed by atoms with Crippen molar-refractivity contribution < 1.29 is 4.42 Å². The lowest BCUT2D eigenvalue weighted by Crippen LogP contribution is -2.12. The average Bonchev–Trinajstić information content (AvgIpc) is 3.07. The molecule has 0 aliphatic carbocycles. The SMILES string of the molecule is CC[C@@H](CNc1oc(-c2ccccc2)nc1C#N)c1ccccc1. The van der Waals surface area contributed by atoms with E-state index in [0.29, 0.717) is 24.2 Å². The van der Waals surface area contributed by atoms with Gasteiger partial charge in [-0.15, -0.1) is 0 Å². The third kappa shape index (κ3) is 3.47. The molecule has 0 aliphatic heterocycles. The van der Waals surface area contributed by atoms with Crippen LogP contribution in [0.5, 0.6) is 0 Å². The molecule has 120 valence electrons. The van der Waals surface area contributed by atoms with Crippen molar-refractivity contribution >= 4 is 5.88 Å². The Morgan fingerprint density at radius 1 is 1.08 bits per heavy atom. The van der Waals surface area contributed by atoms with Crippen molar-refractivity contribution in [2.24, 2.45) is 0 Å². The van der Waals surface area contributed by atoms with E-state index in [1.165, 1.54) is 5.56 Å². The van der Waals surface area contributed by atoms with E-state index in [9.17, 15) is 5.26 Å². The maximum Gasteiger partial charge on any atom is 0.232 e. The minimum Gasteiger partial charge on any atom is -0.419 e. The van der Waals surface area contributed by atoms with Crippen molar-refractivity contribution in [3.8, 4) is 17.5 Å². The van der Waals surface area contributed by atoms with Gasteiger partial charge in [0.25, 0.3) is 0 Å². The second-order valence-electron chi connectivity index (χ2n) is 5.57. The molecular weight excluding hydrogens is 298 g/mol. The highest BCUT2D eigenvalue weighted by atomic mass is 16.4. The van der Waals surface area contributed by atoms with Crippen LogP contribution in [-0.2, 0) is 0 Å². The van der Waals surface area contributed by atoms with Crippen LogP contribution < -0.4 is 5.32 Å². The van der Waals surface area contributed by atoms with Crippen LogP contribution in [0.2, 0.25) is 0 Å². The zero-order chi connectivity index (χ0) is 16.8. The second-order valence-corrected chi connectivity index (χ2v) is 5.57. The number of nitrogens with zero attached hydrogens (tertiary/aromatic N) is 2. The number of benzene rings is 2. The summed E-state index contributed by atoms with van der Waals surface area (Å²) in [5.41, 5.74) is 2.42. The monoisotopic (exact) mass is 317 g/mol. The summed E-state index contributed by atoms with van der Waals surface area (Å²) in [5.74, 6) is 1.25. The van der Waals surface area contributed by atoms with Crippen LogP contribution in [0.4, 0.5) is 5.88 Å². The van der Waals surface area contributed by atoms with Crippen LogP contribution in [0.1, 0.15) is 30.5 Å². The van der Waals surface area contributed by atoms with Gasteiger partial charge in [0.05, 0.1) is 0 Å². The molecule has 0 radical (unpaired) electrons. The topological polar surface area (TPSA) is 61.9 Å². The first-order valence-electron chi connectivity index (χ1n) is 8.07. The maximum atomic E-state index is 9.31. The van der Waals surface area contributed by atoms with Crippen LogP contribution in [0.15, 0.2) is 65.1 Å². The molecule has 0 saturated carbocycles. The molecule has 1 aromatic heterocycles.